The molecule has 4 rings (SSSR count). The summed E-state index contributed by atoms with van der Waals surface area (Å²) in [6.45, 7) is 0.396. The van der Waals surface area contributed by atoms with Crippen molar-refractivity contribution in [3.63, 3.8) is 0 Å². The van der Waals surface area contributed by atoms with E-state index in [0.29, 0.717) is 36.4 Å². The summed E-state index contributed by atoms with van der Waals surface area (Å²) in [5.41, 5.74) is 1.92. The van der Waals surface area contributed by atoms with E-state index in [1.807, 2.05) is 30.3 Å². The largest absolute Gasteiger partial charge is 0.441 e. The number of ether oxygens (including phenoxy) is 1. The lowest BCUT2D eigenvalue weighted by Crippen LogP contribution is -2.28. The van der Waals surface area contributed by atoms with Gasteiger partial charge in [0.15, 0.2) is 23.2 Å². The SMILES string of the molecule is O=C(NCc1ccccc1)Nc1ncnc2c1ncn2C1CCC(=O)O1. The Morgan fingerprint density at radius 3 is 2.85 bits per heavy atom. The van der Waals surface area contributed by atoms with Crippen LogP contribution in [0.25, 0.3) is 11.2 Å². The van der Waals surface area contributed by atoms with Crippen molar-refractivity contribution in [2.24, 2.45) is 0 Å². The summed E-state index contributed by atoms with van der Waals surface area (Å²) in [6, 6.07) is 9.19. The number of esters is 1. The number of nitrogens with zero attached hydrogens (tertiary/aromatic N) is 4. The van der Waals surface area contributed by atoms with Crippen LogP contribution in [0.1, 0.15) is 24.6 Å². The standard InChI is InChI=1S/C17H16N6O3/c24-13-7-6-12(26-13)23-10-21-14-15(19-9-20-16(14)23)22-17(25)18-8-11-4-2-1-3-5-11/h1-5,9-10,12H,6-8H2,(H2,18,19,20,22,25). The lowest BCUT2D eigenvalue weighted by molar-refractivity contribution is -0.144. The van der Waals surface area contributed by atoms with Crippen LogP contribution in [0.15, 0.2) is 43.0 Å². The van der Waals surface area contributed by atoms with Gasteiger partial charge in [-0.1, -0.05) is 30.3 Å². The molecule has 132 valence electrons. The molecule has 1 aliphatic heterocycles. The number of cyclic esters (lactones) is 1. The quantitative estimate of drug-likeness (QED) is 0.695. The number of nitrogens with one attached hydrogen (secondary N) is 2. The monoisotopic (exact) mass is 352 g/mol. The molecule has 1 fully saturated rings. The lowest BCUT2D eigenvalue weighted by Gasteiger charge is -2.11. The fourth-order valence-electron chi connectivity index (χ4n) is 2.79. The van der Waals surface area contributed by atoms with Crippen LogP contribution in [0, 0.1) is 0 Å². The van der Waals surface area contributed by atoms with E-state index in [4.69, 9.17) is 4.74 Å². The van der Waals surface area contributed by atoms with Gasteiger partial charge in [0, 0.05) is 13.0 Å². The lowest BCUT2D eigenvalue weighted by atomic mass is 10.2. The number of fused-ring (bicyclic) bond motifs is 1. The van der Waals surface area contributed by atoms with Crippen LogP contribution in [0.4, 0.5) is 10.6 Å². The molecule has 26 heavy (non-hydrogen) atoms. The van der Waals surface area contributed by atoms with Gasteiger partial charge in [0.25, 0.3) is 0 Å². The topological polar surface area (TPSA) is 111 Å². The number of urea groups is 1. The molecule has 2 N–H and O–H groups in total. The molecule has 0 radical (unpaired) electrons. The minimum atomic E-state index is -0.429. The third-order valence-electron chi connectivity index (χ3n) is 4.06. The van der Waals surface area contributed by atoms with Gasteiger partial charge in [-0.2, -0.15) is 0 Å². The summed E-state index contributed by atoms with van der Waals surface area (Å²) >= 11 is 0. The van der Waals surface area contributed by atoms with E-state index in [-0.39, 0.29) is 5.97 Å². The van der Waals surface area contributed by atoms with Crippen LogP contribution in [0.2, 0.25) is 0 Å². The zero-order valence-electron chi connectivity index (χ0n) is 13.8. The average molecular weight is 352 g/mol. The maximum absolute atomic E-state index is 12.1. The molecular weight excluding hydrogens is 336 g/mol. The summed E-state index contributed by atoms with van der Waals surface area (Å²) in [6.07, 6.45) is 3.37. The Hall–Kier alpha value is -3.49. The van der Waals surface area contributed by atoms with Crippen molar-refractivity contribution in [2.75, 3.05) is 5.32 Å². The highest BCUT2D eigenvalue weighted by Gasteiger charge is 2.27. The molecule has 1 aromatic carbocycles. The predicted octanol–water partition coefficient (Wildman–Crippen LogP) is 1.98. The molecule has 2 amide bonds. The molecular formula is C17H16N6O3. The molecule has 3 aromatic rings. The molecule has 1 aliphatic rings. The number of hydrogen-bond donors (Lipinski definition) is 2. The zero-order valence-corrected chi connectivity index (χ0v) is 13.8. The van der Waals surface area contributed by atoms with E-state index in [9.17, 15) is 9.59 Å². The number of carbonyl (C=O) groups excluding carboxylic acids is 2. The van der Waals surface area contributed by atoms with Crippen molar-refractivity contribution >= 4 is 29.0 Å². The summed E-state index contributed by atoms with van der Waals surface area (Å²) < 4.78 is 6.92. The molecule has 9 nitrogen and oxygen atoms in total. The van der Waals surface area contributed by atoms with E-state index in [1.165, 1.54) is 12.7 Å². The van der Waals surface area contributed by atoms with Crippen LogP contribution in [-0.4, -0.2) is 31.5 Å². The third-order valence-corrected chi connectivity index (χ3v) is 4.06. The zero-order chi connectivity index (χ0) is 17.9. The first kappa shape index (κ1) is 16.0. The minimum absolute atomic E-state index is 0.246. The molecule has 1 unspecified atom stereocenters. The second-order valence-corrected chi connectivity index (χ2v) is 5.82. The molecule has 9 heteroatoms. The fraction of sp³-hybridized carbons (Fsp3) is 0.235. The fourth-order valence-corrected chi connectivity index (χ4v) is 2.79. The Labute approximate surface area is 148 Å². The van der Waals surface area contributed by atoms with E-state index < -0.39 is 12.3 Å². The number of amides is 2. The van der Waals surface area contributed by atoms with Crippen LogP contribution in [0.5, 0.6) is 0 Å². The number of aromatic nitrogens is 4. The van der Waals surface area contributed by atoms with Gasteiger partial charge in [-0.15, -0.1) is 0 Å². The number of imidazole rings is 1. The molecule has 0 aliphatic carbocycles. The van der Waals surface area contributed by atoms with E-state index in [2.05, 4.69) is 25.6 Å². The van der Waals surface area contributed by atoms with Crippen molar-refractivity contribution in [1.29, 1.82) is 0 Å². The van der Waals surface area contributed by atoms with Gasteiger partial charge in [-0.05, 0) is 5.56 Å². The maximum Gasteiger partial charge on any atom is 0.320 e. The first-order chi connectivity index (χ1) is 12.7. The van der Waals surface area contributed by atoms with Gasteiger partial charge in [0.05, 0.1) is 6.42 Å². The van der Waals surface area contributed by atoms with E-state index in [0.717, 1.165) is 5.56 Å². The van der Waals surface area contributed by atoms with Crippen LogP contribution in [0.3, 0.4) is 0 Å². The normalized spacial score (nSPS) is 16.5. The molecule has 3 heterocycles. The highest BCUT2D eigenvalue weighted by atomic mass is 16.6. The Morgan fingerprint density at radius 2 is 2.08 bits per heavy atom. The molecule has 2 aromatic heterocycles. The molecule has 1 atom stereocenters. The van der Waals surface area contributed by atoms with Crippen molar-refractivity contribution in [2.45, 2.75) is 25.6 Å². The summed E-state index contributed by atoms with van der Waals surface area (Å²) in [7, 11) is 0. The first-order valence-corrected chi connectivity index (χ1v) is 8.16. The van der Waals surface area contributed by atoms with Crippen LogP contribution >= 0.6 is 0 Å². The summed E-state index contributed by atoms with van der Waals surface area (Å²) in [5, 5.41) is 5.45. The first-order valence-electron chi connectivity index (χ1n) is 8.16. The Kier molecular flexibility index (Phi) is 4.18. The second-order valence-electron chi connectivity index (χ2n) is 5.82. The minimum Gasteiger partial charge on any atom is -0.441 e. The molecule has 1 saturated heterocycles. The Bertz CT molecular complexity index is 956. The summed E-state index contributed by atoms with van der Waals surface area (Å²) in [4.78, 5) is 36.0. The van der Waals surface area contributed by atoms with Gasteiger partial charge in [-0.25, -0.2) is 19.7 Å². The van der Waals surface area contributed by atoms with Crippen molar-refractivity contribution in [3.8, 4) is 0 Å². The van der Waals surface area contributed by atoms with Gasteiger partial charge in [-0.3, -0.25) is 14.7 Å². The highest BCUT2D eigenvalue weighted by Crippen LogP contribution is 2.28. The summed E-state index contributed by atoms with van der Waals surface area (Å²) in [5.74, 6) is 0.0492. The molecule has 0 saturated carbocycles. The van der Waals surface area contributed by atoms with Gasteiger partial charge in [0.2, 0.25) is 0 Å². The van der Waals surface area contributed by atoms with Crippen LogP contribution in [-0.2, 0) is 16.1 Å². The third kappa shape index (κ3) is 3.18. The van der Waals surface area contributed by atoms with Crippen molar-refractivity contribution < 1.29 is 14.3 Å². The number of rotatable bonds is 4. The Balaban J connectivity index is 1.49. The van der Waals surface area contributed by atoms with E-state index in [1.54, 1.807) is 4.57 Å². The number of benzene rings is 1. The van der Waals surface area contributed by atoms with Crippen LogP contribution < -0.4 is 10.6 Å². The predicted molar refractivity (Wildman–Crippen MR) is 92.0 cm³/mol. The van der Waals surface area contributed by atoms with Crippen molar-refractivity contribution in [3.05, 3.63) is 48.5 Å². The van der Waals surface area contributed by atoms with Crippen molar-refractivity contribution in [1.82, 2.24) is 24.8 Å². The maximum atomic E-state index is 12.1. The number of anilines is 1. The van der Waals surface area contributed by atoms with E-state index >= 15 is 0 Å². The Morgan fingerprint density at radius 1 is 1.23 bits per heavy atom. The number of hydrogen-bond acceptors (Lipinski definition) is 6. The van der Waals surface area contributed by atoms with Gasteiger partial charge in [0.1, 0.15) is 12.7 Å². The molecule has 0 bridgehead atoms. The number of carbonyl (C=O) groups is 2. The second kappa shape index (κ2) is 6.79. The highest BCUT2D eigenvalue weighted by molar-refractivity contribution is 5.95. The van der Waals surface area contributed by atoms with Gasteiger partial charge < -0.3 is 10.1 Å². The average Bonchev–Trinajstić information content (AvgIpc) is 3.27. The van der Waals surface area contributed by atoms with Gasteiger partial charge >= 0.3 is 12.0 Å². The smallest absolute Gasteiger partial charge is 0.320 e. The molecule has 0 spiro atoms.